The van der Waals surface area contributed by atoms with Crippen molar-refractivity contribution in [2.45, 2.75) is 13.3 Å². The average Bonchev–Trinajstić information content (AvgIpc) is 2.74. The van der Waals surface area contributed by atoms with E-state index in [-0.39, 0.29) is 5.97 Å². The van der Waals surface area contributed by atoms with E-state index in [1.807, 2.05) is 48.5 Å². The summed E-state index contributed by atoms with van der Waals surface area (Å²) in [4.78, 5) is 11.3. The number of benzene rings is 3. The fourth-order valence-corrected chi connectivity index (χ4v) is 3.23. The molecule has 0 radical (unpaired) electrons. The van der Waals surface area contributed by atoms with E-state index in [4.69, 9.17) is 9.47 Å². The van der Waals surface area contributed by atoms with Gasteiger partial charge in [-0.3, -0.25) is 4.79 Å². The van der Waals surface area contributed by atoms with E-state index < -0.39 is 0 Å². The third-order valence-electron chi connectivity index (χ3n) is 4.52. The lowest BCUT2D eigenvalue weighted by Gasteiger charge is -2.18. The van der Waals surface area contributed by atoms with Gasteiger partial charge in [-0.15, -0.1) is 0 Å². The number of hydrogen-bond acceptors (Lipinski definition) is 3. The predicted molar refractivity (Wildman–Crippen MR) is 113 cm³/mol. The van der Waals surface area contributed by atoms with Crippen molar-refractivity contribution in [3.8, 4) is 5.75 Å². The van der Waals surface area contributed by atoms with E-state index in [1.165, 1.54) is 6.92 Å². The molecule has 0 spiro atoms. The van der Waals surface area contributed by atoms with Gasteiger partial charge < -0.3 is 9.47 Å². The van der Waals surface area contributed by atoms with Crippen molar-refractivity contribution < 1.29 is 14.3 Å². The first-order valence-corrected chi connectivity index (χ1v) is 9.31. The highest BCUT2D eigenvalue weighted by atomic mass is 16.5. The molecule has 28 heavy (non-hydrogen) atoms. The maximum absolute atomic E-state index is 11.3. The summed E-state index contributed by atoms with van der Waals surface area (Å²) in [6.45, 7) is 1.78. The van der Waals surface area contributed by atoms with Crippen molar-refractivity contribution in [1.82, 2.24) is 0 Å². The largest absolute Gasteiger partial charge is 0.497 e. The zero-order valence-corrected chi connectivity index (χ0v) is 16.2. The Kier molecular flexibility index (Phi) is 6.64. The van der Waals surface area contributed by atoms with Crippen LogP contribution in [0, 0.1) is 0 Å². The topological polar surface area (TPSA) is 35.5 Å². The monoisotopic (exact) mass is 372 g/mol. The molecule has 0 aliphatic heterocycles. The van der Waals surface area contributed by atoms with Gasteiger partial charge in [0, 0.05) is 13.3 Å². The molecule has 0 bridgehead atoms. The maximum atomic E-state index is 11.3. The Bertz CT molecular complexity index is 927. The van der Waals surface area contributed by atoms with Gasteiger partial charge in [0.15, 0.2) is 0 Å². The van der Waals surface area contributed by atoms with Gasteiger partial charge in [-0.25, -0.2) is 0 Å². The highest BCUT2D eigenvalue weighted by molar-refractivity contribution is 5.98. The quantitative estimate of drug-likeness (QED) is 0.400. The summed E-state index contributed by atoms with van der Waals surface area (Å²) in [6, 6.07) is 28.6. The Morgan fingerprint density at radius 1 is 0.750 bits per heavy atom. The molecule has 0 saturated carbocycles. The van der Waals surface area contributed by atoms with Crippen LogP contribution in [0.2, 0.25) is 0 Å². The fraction of sp³-hybridized carbons (Fsp3) is 0.160. The number of carbonyl (C=O) groups is 1. The van der Waals surface area contributed by atoms with Gasteiger partial charge in [0.05, 0.1) is 13.7 Å². The number of rotatable bonds is 7. The van der Waals surface area contributed by atoms with Crippen LogP contribution in [-0.4, -0.2) is 19.7 Å². The van der Waals surface area contributed by atoms with Crippen molar-refractivity contribution >= 4 is 17.1 Å². The molecular formula is C25H24O3. The molecule has 3 aromatic carbocycles. The first kappa shape index (κ1) is 19.4. The van der Waals surface area contributed by atoms with E-state index in [9.17, 15) is 4.79 Å². The van der Waals surface area contributed by atoms with Gasteiger partial charge in [-0.05, 0) is 40.0 Å². The molecule has 0 amide bonds. The summed E-state index contributed by atoms with van der Waals surface area (Å²) in [5.41, 5.74) is 5.59. The van der Waals surface area contributed by atoms with Crippen LogP contribution < -0.4 is 4.74 Å². The molecule has 0 N–H and O–H groups in total. The zero-order valence-electron chi connectivity index (χ0n) is 16.2. The number of carbonyl (C=O) groups excluding carboxylic acids is 1. The second kappa shape index (κ2) is 9.56. The first-order valence-electron chi connectivity index (χ1n) is 9.31. The second-order valence-electron chi connectivity index (χ2n) is 6.40. The van der Waals surface area contributed by atoms with Crippen molar-refractivity contribution in [2.75, 3.05) is 13.7 Å². The third-order valence-corrected chi connectivity index (χ3v) is 4.52. The van der Waals surface area contributed by atoms with Crippen LogP contribution in [0.1, 0.15) is 30.0 Å². The lowest BCUT2D eigenvalue weighted by Crippen LogP contribution is -2.03. The molecule has 3 rings (SSSR count). The van der Waals surface area contributed by atoms with Gasteiger partial charge in [0.2, 0.25) is 0 Å². The molecule has 0 saturated heterocycles. The Morgan fingerprint density at radius 3 is 1.82 bits per heavy atom. The van der Waals surface area contributed by atoms with Crippen LogP contribution in [0.15, 0.2) is 84.9 Å². The van der Waals surface area contributed by atoms with Crippen LogP contribution in [-0.2, 0) is 9.53 Å². The summed E-state index contributed by atoms with van der Waals surface area (Å²) in [7, 11) is 1.66. The smallest absolute Gasteiger partial charge is 0.302 e. The molecule has 0 unspecified atom stereocenters. The fourth-order valence-electron chi connectivity index (χ4n) is 3.23. The lowest BCUT2D eigenvalue weighted by atomic mass is 9.88. The summed E-state index contributed by atoms with van der Waals surface area (Å²) < 4.78 is 10.6. The third kappa shape index (κ3) is 4.89. The normalized spacial score (nSPS) is 11.5. The van der Waals surface area contributed by atoms with Crippen molar-refractivity contribution in [3.05, 3.63) is 102 Å². The summed E-state index contributed by atoms with van der Waals surface area (Å²) in [5.74, 6) is 0.551. The Morgan fingerprint density at radius 2 is 1.29 bits per heavy atom. The van der Waals surface area contributed by atoms with Crippen LogP contribution in [0.5, 0.6) is 5.75 Å². The van der Waals surface area contributed by atoms with E-state index in [2.05, 4.69) is 36.4 Å². The van der Waals surface area contributed by atoms with Crippen LogP contribution in [0.4, 0.5) is 0 Å². The average molecular weight is 372 g/mol. The van der Waals surface area contributed by atoms with Gasteiger partial charge in [0.25, 0.3) is 0 Å². The minimum Gasteiger partial charge on any atom is -0.497 e. The highest BCUT2D eigenvalue weighted by Crippen LogP contribution is 2.35. The molecular weight excluding hydrogens is 348 g/mol. The van der Waals surface area contributed by atoms with Gasteiger partial charge in [0.1, 0.15) is 5.75 Å². The standard InChI is InChI=1S/C25H24O3/c1-19(26)28-18-17-24(20-9-5-3-6-10-20)25(21-11-7-4-8-12-21)22-13-15-23(27-2)16-14-22/h3-16H,17-18H2,1-2H3/b25-24-. The summed E-state index contributed by atoms with van der Waals surface area (Å²) in [6.07, 6.45) is 0.625. The number of ether oxygens (including phenoxy) is 2. The lowest BCUT2D eigenvalue weighted by molar-refractivity contribution is -0.140. The molecule has 0 aromatic heterocycles. The summed E-state index contributed by atoms with van der Waals surface area (Å²) in [5, 5.41) is 0. The summed E-state index contributed by atoms with van der Waals surface area (Å²) >= 11 is 0. The maximum Gasteiger partial charge on any atom is 0.302 e. The van der Waals surface area contributed by atoms with Gasteiger partial charge >= 0.3 is 5.97 Å². The molecule has 3 aromatic rings. The van der Waals surface area contributed by atoms with E-state index in [0.29, 0.717) is 13.0 Å². The molecule has 0 aliphatic carbocycles. The molecule has 0 aliphatic rings. The second-order valence-corrected chi connectivity index (χ2v) is 6.40. The Balaban J connectivity index is 2.17. The predicted octanol–water partition coefficient (Wildman–Crippen LogP) is 5.61. The first-order chi connectivity index (χ1) is 13.7. The van der Waals surface area contributed by atoms with Gasteiger partial charge in [-0.1, -0.05) is 72.8 Å². The Labute approximate surface area is 166 Å². The van der Waals surface area contributed by atoms with Gasteiger partial charge in [-0.2, -0.15) is 0 Å². The molecule has 142 valence electrons. The number of hydrogen-bond donors (Lipinski definition) is 0. The van der Waals surface area contributed by atoms with E-state index in [1.54, 1.807) is 7.11 Å². The van der Waals surface area contributed by atoms with Crippen LogP contribution in [0.3, 0.4) is 0 Å². The molecule has 0 fully saturated rings. The van der Waals surface area contributed by atoms with Crippen LogP contribution >= 0.6 is 0 Å². The SMILES string of the molecule is COc1ccc(/C(=C(/CCOC(C)=O)c2ccccc2)c2ccccc2)cc1. The number of esters is 1. The zero-order chi connectivity index (χ0) is 19.8. The molecule has 0 atom stereocenters. The van der Waals surface area contributed by atoms with Crippen LogP contribution in [0.25, 0.3) is 11.1 Å². The Hall–Kier alpha value is -3.33. The molecule has 3 heteroatoms. The van der Waals surface area contributed by atoms with Crippen molar-refractivity contribution in [2.24, 2.45) is 0 Å². The minimum absolute atomic E-state index is 0.266. The van der Waals surface area contributed by atoms with E-state index >= 15 is 0 Å². The highest BCUT2D eigenvalue weighted by Gasteiger charge is 2.14. The molecule has 3 nitrogen and oxygen atoms in total. The van der Waals surface area contributed by atoms with Crippen molar-refractivity contribution in [1.29, 1.82) is 0 Å². The molecule has 0 heterocycles. The van der Waals surface area contributed by atoms with Crippen molar-refractivity contribution in [3.63, 3.8) is 0 Å². The van der Waals surface area contributed by atoms with E-state index in [0.717, 1.165) is 33.6 Å². The number of methoxy groups -OCH3 is 1. The minimum atomic E-state index is -0.266.